The van der Waals surface area contributed by atoms with Crippen LogP contribution >= 0.6 is 11.8 Å². The van der Waals surface area contributed by atoms with E-state index in [0.29, 0.717) is 17.9 Å². The predicted molar refractivity (Wildman–Crippen MR) is 91.8 cm³/mol. The van der Waals surface area contributed by atoms with E-state index in [1.807, 2.05) is 0 Å². The van der Waals surface area contributed by atoms with Gasteiger partial charge in [0, 0.05) is 11.8 Å². The summed E-state index contributed by atoms with van der Waals surface area (Å²) in [6, 6.07) is 3.69. The first-order valence-corrected chi connectivity index (χ1v) is 8.63. The third kappa shape index (κ3) is 5.98. The van der Waals surface area contributed by atoms with Crippen LogP contribution in [0.5, 0.6) is 0 Å². The number of thioether (sulfide) groups is 1. The van der Waals surface area contributed by atoms with E-state index in [1.165, 1.54) is 6.07 Å². The zero-order chi connectivity index (χ0) is 20.2. The molecule has 0 bridgehead atoms. The second-order valence-corrected chi connectivity index (χ2v) is 6.83. The van der Waals surface area contributed by atoms with E-state index in [-0.39, 0.29) is 17.3 Å². The number of hydrogen-bond acceptors (Lipinski definition) is 5. The molecule has 1 atom stereocenters. The van der Waals surface area contributed by atoms with Crippen molar-refractivity contribution >= 4 is 35.1 Å². The quantitative estimate of drug-likeness (QED) is 0.714. The molecular weight excluding hydrogens is 390 g/mol. The third-order valence-corrected chi connectivity index (χ3v) is 4.41. The predicted octanol–water partition coefficient (Wildman–Crippen LogP) is 3.84. The number of aryl methyl sites for hydroxylation is 1. The Morgan fingerprint density at radius 3 is 2.56 bits per heavy atom. The fraction of sp³-hybridized carbons (Fsp3) is 0.312. The number of alkyl halides is 3. The van der Waals surface area contributed by atoms with E-state index in [1.54, 1.807) is 13.8 Å². The summed E-state index contributed by atoms with van der Waals surface area (Å²) >= 11 is 0.972. The normalized spacial score (nSPS) is 12.5. The second-order valence-electron chi connectivity index (χ2n) is 5.51. The maximum absolute atomic E-state index is 13.2. The number of carbonyl (C=O) groups is 2. The molecule has 27 heavy (non-hydrogen) atoms. The summed E-state index contributed by atoms with van der Waals surface area (Å²) in [4.78, 5) is 23.9. The van der Waals surface area contributed by atoms with Crippen molar-refractivity contribution in [1.29, 1.82) is 0 Å². The van der Waals surface area contributed by atoms with Gasteiger partial charge in [-0.15, -0.1) is 11.8 Å². The third-order valence-electron chi connectivity index (χ3n) is 3.27. The van der Waals surface area contributed by atoms with Crippen molar-refractivity contribution in [3.63, 3.8) is 0 Å². The molecule has 6 nitrogen and oxygen atoms in total. The minimum atomic E-state index is -4.87. The van der Waals surface area contributed by atoms with Crippen LogP contribution in [-0.4, -0.2) is 28.0 Å². The Bertz CT molecular complexity index is 839. The number of anilines is 2. The monoisotopic (exact) mass is 405 g/mol. The number of hydrogen-bond donors (Lipinski definition) is 2. The van der Waals surface area contributed by atoms with Crippen LogP contribution < -0.4 is 10.6 Å². The van der Waals surface area contributed by atoms with Crippen molar-refractivity contribution in [2.75, 3.05) is 16.4 Å². The molecule has 2 amide bonds. The van der Waals surface area contributed by atoms with Gasteiger partial charge >= 0.3 is 6.18 Å². The van der Waals surface area contributed by atoms with Gasteiger partial charge in [-0.1, -0.05) is 5.16 Å². The van der Waals surface area contributed by atoms with E-state index in [0.717, 1.165) is 17.8 Å². The van der Waals surface area contributed by atoms with Gasteiger partial charge < -0.3 is 15.2 Å². The first-order valence-electron chi connectivity index (χ1n) is 7.58. The number of nitrogens with one attached hydrogen (secondary N) is 2. The van der Waals surface area contributed by atoms with Crippen LogP contribution in [-0.2, 0) is 15.8 Å². The van der Waals surface area contributed by atoms with Crippen LogP contribution in [0.2, 0.25) is 0 Å². The van der Waals surface area contributed by atoms with Gasteiger partial charge in [-0.3, -0.25) is 9.59 Å². The molecule has 1 aromatic heterocycles. The number of rotatable bonds is 6. The number of amides is 2. The molecule has 2 N–H and O–H groups in total. The van der Waals surface area contributed by atoms with Crippen molar-refractivity contribution in [3.8, 4) is 0 Å². The molecule has 0 aliphatic carbocycles. The van der Waals surface area contributed by atoms with Gasteiger partial charge in [-0.05, 0) is 32.0 Å². The zero-order valence-corrected chi connectivity index (χ0v) is 15.0. The minimum absolute atomic E-state index is 0.189. The first kappa shape index (κ1) is 20.7. The van der Waals surface area contributed by atoms with Gasteiger partial charge in [0.05, 0.1) is 16.6 Å². The fourth-order valence-electron chi connectivity index (χ4n) is 1.95. The Morgan fingerprint density at radius 2 is 1.96 bits per heavy atom. The van der Waals surface area contributed by atoms with Gasteiger partial charge in [0.15, 0.2) is 5.82 Å². The number of benzene rings is 1. The number of aromatic nitrogens is 1. The van der Waals surface area contributed by atoms with Crippen LogP contribution in [0.25, 0.3) is 0 Å². The summed E-state index contributed by atoms with van der Waals surface area (Å²) in [5.41, 5.74) is -1.66. The summed E-state index contributed by atoms with van der Waals surface area (Å²) in [7, 11) is 0. The first-order chi connectivity index (χ1) is 12.6. The largest absolute Gasteiger partial charge is 0.419 e. The fourth-order valence-corrected chi connectivity index (χ4v) is 2.63. The Morgan fingerprint density at radius 1 is 1.26 bits per heavy atom. The average Bonchev–Trinajstić information content (AvgIpc) is 2.98. The van der Waals surface area contributed by atoms with E-state index in [2.05, 4.69) is 15.8 Å². The highest BCUT2D eigenvalue weighted by atomic mass is 32.2. The lowest BCUT2D eigenvalue weighted by Crippen LogP contribution is -2.25. The summed E-state index contributed by atoms with van der Waals surface area (Å²) in [6.45, 7) is 3.21. The highest BCUT2D eigenvalue weighted by molar-refractivity contribution is 8.01. The van der Waals surface area contributed by atoms with Crippen LogP contribution in [0.4, 0.5) is 29.1 Å². The van der Waals surface area contributed by atoms with Crippen LogP contribution in [0, 0.1) is 12.7 Å². The molecule has 2 aromatic rings. The zero-order valence-electron chi connectivity index (χ0n) is 14.2. The molecule has 2 rings (SSSR count). The van der Waals surface area contributed by atoms with E-state index in [9.17, 15) is 27.2 Å². The molecule has 1 unspecified atom stereocenters. The lowest BCUT2D eigenvalue weighted by Gasteiger charge is -2.12. The highest BCUT2D eigenvalue weighted by Gasteiger charge is 2.34. The topological polar surface area (TPSA) is 84.2 Å². The van der Waals surface area contributed by atoms with Crippen LogP contribution in [0.3, 0.4) is 0 Å². The molecule has 0 aliphatic rings. The van der Waals surface area contributed by atoms with Gasteiger partial charge in [-0.25, -0.2) is 4.39 Å². The van der Waals surface area contributed by atoms with E-state index in [4.69, 9.17) is 4.52 Å². The van der Waals surface area contributed by atoms with Crippen molar-refractivity contribution in [3.05, 3.63) is 41.4 Å². The molecular formula is C16H15F4N3O3S. The van der Waals surface area contributed by atoms with Gasteiger partial charge in [0.1, 0.15) is 11.6 Å². The molecule has 0 fully saturated rings. The van der Waals surface area contributed by atoms with Crippen LogP contribution in [0.1, 0.15) is 18.2 Å². The van der Waals surface area contributed by atoms with Gasteiger partial charge in [-0.2, -0.15) is 13.2 Å². The van der Waals surface area contributed by atoms with Crippen molar-refractivity contribution in [2.45, 2.75) is 25.3 Å². The number of halogens is 4. The SMILES string of the molecule is Cc1cc(NC(=O)C(C)SCC(=O)Nc2ccc(F)c(C(F)(F)F)c2)no1. The Kier molecular flexibility index (Phi) is 6.47. The Labute approximate surface area is 155 Å². The van der Waals surface area contributed by atoms with E-state index >= 15 is 0 Å². The summed E-state index contributed by atoms with van der Waals surface area (Å²) in [5, 5.41) is 7.72. The molecule has 1 aromatic carbocycles. The van der Waals surface area contributed by atoms with Crippen molar-refractivity contribution in [1.82, 2.24) is 5.16 Å². The molecule has 11 heteroatoms. The number of nitrogens with zero attached hydrogens (tertiary/aromatic N) is 1. The second kappa shape index (κ2) is 8.42. The molecule has 0 spiro atoms. The summed E-state index contributed by atoms with van der Waals surface area (Å²) in [6.07, 6.45) is -4.87. The lowest BCUT2D eigenvalue weighted by molar-refractivity contribution is -0.140. The van der Waals surface area contributed by atoms with Gasteiger partial charge in [0.25, 0.3) is 0 Å². The molecule has 0 saturated heterocycles. The summed E-state index contributed by atoms with van der Waals surface area (Å²) < 4.78 is 56.1. The lowest BCUT2D eigenvalue weighted by atomic mass is 10.2. The van der Waals surface area contributed by atoms with E-state index < -0.39 is 34.6 Å². The molecule has 146 valence electrons. The van der Waals surface area contributed by atoms with Gasteiger partial charge in [0.2, 0.25) is 11.8 Å². The maximum Gasteiger partial charge on any atom is 0.419 e. The standard InChI is InChI=1S/C16H15F4N3O3S/c1-8-5-13(23-26-8)22-15(25)9(2)27-7-14(24)21-10-3-4-12(17)11(6-10)16(18,19)20/h3-6,9H,7H2,1-2H3,(H,21,24)(H,22,23,25). The Balaban J connectivity index is 1.87. The number of carbonyl (C=O) groups excluding carboxylic acids is 2. The molecule has 1 heterocycles. The Hall–Kier alpha value is -2.56. The summed E-state index contributed by atoms with van der Waals surface area (Å²) in [5.74, 6) is -1.91. The van der Waals surface area contributed by atoms with Crippen molar-refractivity contribution < 1.29 is 31.7 Å². The minimum Gasteiger partial charge on any atom is -0.360 e. The molecule has 0 aliphatic heterocycles. The van der Waals surface area contributed by atoms with Crippen molar-refractivity contribution in [2.24, 2.45) is 0 Å². The highest BCUT2D eigenvalue weighted by Crippen LogP contribution is 2.33. The molecule has 0 saturated carbocycles. The smallest absolute Gasteiger partial charge is 0.360 e. The van der Waals surface area contributed by atoms with Crippen LogP contribution in [0.15, 0.2) is 28.8 Å². The molecule has 0 radical (unpaired) electrons. The average molecular weight is 405 g/mol. The maximum atomic E-state index is 13.2.